The van der Waals surface area contributed by atoms with Gasteiger partial charge in [0.2, 0.25) is 5.95 Å². The van der Waals surface area contributed by atoms with Crippen molar-refractivity contribution in [3.8, 4) is 5.75 Å². The zero-order valence-electron chi connectivity index (χ0n) is 19.0. The minimum Gasteiger partial charge on any atom is -0.494 e. The Hall–Kier alpha value is -3.48. The quantitative estimate of drug-likeness (QED) is 0.304. The number of anilines is 2. The highest BCUT2D eigenvalue weighted by molar-refractivity contribution is 5.94. The van der Waals surface area contributed by atoms with E-state index in [0.29, 0.717) is 42.0 Å². The van der Waals surface area contributed by atoms with Crippen LogP contribution >= 0.6 is 0 Å². The van der Waals surface area contributed by atoms with Crippen molar-refractivity contribution in [2.75, 3.05) is 37.7 Å². The van der Waals surface area contributed by atoms with Crippen LogP contribution in [0.1, 0.15) is 36.2 Å². The number of amides is 1. The number of β-amino-alcohol motifs (C(OH)–C–C–N with tert-alkyl or cyclic N) is 1. The fraction of sp³-hybridized carbons (Fsp3) is 0.455. The number of nitrogen functional groups attached to an aromatic ring is 2. The number of aliphatic hydroxyl groups is 2. The van der Waals surface area contributed by atoms with Gasteiger partial charge in [-0.15, -0.1) is 0 Å². The van der Waals surface area contributed by atoms with E-state index in [1.165, 1.54) is 11.2 Å². The third-order valence-corrected chi connectivity index (χ3v) is 5.98. The van der Waals surface area contributed by atoms with E-state index in [2.05, 4.69) is 15.0 Å². The number of likely N-dealkylation sites (tertiary alicyclic amines) is 1. The first-order chi connectivity index (χ1) is 16.2. The number of nitrogens with two attached hydrogens (primary N) is 3. The summed E-state index contributed by atoms with van der Waals surface area (Å²) in [5, 5.41) is 21.9. The Morgan fingerprint density at radius 1 is 1.29 bits per heavy atom. The lowest BCUT2D eigenvalue weighted by molar-refractivity contribution is -0.0217. The number of aromatic nitrogens is 4. The number of carbonyl (C=O) groups is 1. The van der Waals surface area contributed by atoms with E-state index < -0.39 is 17.7 Å². The Morgan fingerprint density at radius 2 is 2.09 bits per heavy atom. The van der Waals surface area contributed by atoms with Crippen molar-refractivity contribution in [1.82, 2.24) is 24.4 Å². The minimum absolute atomic E-state index is 0.0283. The second-order valence-electron chi connectivity index (χ2n) is 8.75. The Labute approximate surface area is 196 Å². The maximum atomic E-state index is 13.4. The Kier molecular flexibility index (Phi) is 6.55. The van der Waals surface area contributed by atoms with Gasteiger partial charge < -0.3 is 41.6 Å². The normalized spacial score (nSPS) is 23.1. The van der Waals surface area contributed by atoms with Gasteiger partial charge in [0.15, 0.2) is 11.5 Å². The van der Waals surface area contributed by atoms with Gasteiger partial charge in [0.1, 0.15) is 11.3 Å². The Bertz CT molecular complexity index is 1180. The smallest absolute Gasteiger partial charge is 0.254 e. The second kappa shape index (κ2) is 9.41. The summed E-state index contributed by atoms with van der Waals surface area (Å²) in [6, 6.07) is 6.16. The SMILES string of the molecule is C[C@]1(O)C[C@@H](O)CN(C(=O)c2cccc(OCCCN)c2)C[C@@H]1n1cnc2c(N)nc(N)nc21. The van der Waals surface area contributed by atoms with Gasteiger partial charge in [-0.2, -0.15) is 9.97 Å². The van der Waals surface area contributed by atoms with Crippen LogP contribution in [0.15, 0.2) is 30.6 Å². The predicted molar refractivity (Wildman–Crippen MR) is 126 cm³/mol. The molecule has 0 spiro atoms. The molecule has 0 aliphatic carbocycles. The summed E-state index contributed by atoms with van der Waals surface area (Å²) >= 11 is 0. The van der Waals surface area contributed by atoms with E-state index in [1.807, 2.05) is 0 Å². The molecule has 1 fully saturated rings. The van der Waals surface area contributed by atoms with Crippen molar-refractivity contribution in [3.05, 3.63) is 36.2 Å². The van der Waals surface area contributed by atoms with E-state index in [1.54, 1.807) is 35.8 Å². The summed E-state index contributed by atoms with van der Waals surface area (Å²) in [5.41, 5.74) is 16.9. The maximum absolute atomic E-state index is 13.4. The van der Waals surface area contributed by atoms with Crippen molar-refractivity contribution in [3.63, 3.8) is 0 Å². The fourth-order valence-corrected chi connectivity index (χ4v) is 4.32. The van der Waals surface area contributed by atoms with Gasteiger partial charge in [-0.3, -0.25) is 4.79 Å². The largest absolute Gasteiger partial charge is 0.494 e. The van der Waals surface area contributed by atoms with Gasteiger partial charge >= 0.3 is 0 Å². The molecule has 1 aliphatic heterocycles. The molecule has 34 heavy (non-hydrogen) atoms. The molecule has 12 heteroatoms. The van der Waals surface area contributed by atoms with Crippen LogP contribution in [0.3, 0.4) is 0 Å². The van der Waals surface area contributed by atoms with Crippen molar-refractivity contribution < 1.29 is 19.7 Å². The number of carbonyl (C=O) groups excluding carboxylic acids is 1. The molecule has 3 heterocycles. The van der Waals surface area contributed by atoms with Gasteiger partial charge in [0, 0.05) is 25.1 Å². The summed E-state index contributed by atoms with van der Waals surface area (Å²) in [7, 11) is 0. The molecule has 12 nitrogen and oxygen atoms in total. The minimum atomic E-state index is -1.39. The number of aliphatic hydroxyl groups excluding tert-OH is 1. The Morgan fingerprint density at radius 3 is 2.85 bits per heavy atom. The van der Waals surface area contributed by atoms with Crippen molar-refractivity contribution in [1.29, 1.82) is 0 Å². The molecular formula is C22H30N8O4. The standard InChI is InChI=1S/C22H30N8O4/c1-22(33)9-14(31)10-29(20(32)13-4-2-5-15(8-13)34-7-3-6-23)11-16(22)30-12-26-17-18(24)27-21(25)28-19(17)30/h2,4-5,8,12,14,16,31,33H,3,6-7,9-11,23H2,1H3,(H4,24,25,27,28)/t14-,16+,22+/m1/s1. The molecule has 3 atom stereocenters. The lowest BCUT2D eigenvalue weighted by atomic mass is 9.91. The topological polar surface area (TPSA) is 192 Å². The fourth-order valence-electron chi connectivity index (χ4n) is 4.32. The third kappa shape index (κ3) is 4.74. The summed E-state index contributed by atoms with van der Waals surface area (Å²) in [4.78, 5) is 27.4. The van der Waals surface area contributed by atoms with Gasteiger partial charge in [0.05, 0.1) is 30.7 Å². The van der Waals surface area contributed by atoms with Crippen LogP contribution in [0.4, 0.5) is 11.8 Å². The molecule has 0 saturated carbocycles. The molecule has 3 aromatic rings. The van der Waals surface area contributed by atoms with E-state index in [-0.39, 0.29) is 37.2 Å². The van der Waals surface area contributed by atoms with Crippen LogP contribution in [0.25, 0.3) is 11.2 Å². The molecular weight excluding hydrogens is 440 g/mol. The van der Waals surface area contributed by atoms with Crippen LogP contribution in [-0.4, -0.2) is 78.5 Å². The molecule has 1 amide bonds. The average Bonchev–Trinajstić information content (AvgIpc) is 3.14. The average molecular weight is 471 g/mol. The first kappa shape index (κ1) is 23.7. The number of nitrogens with zero attached hydrogens (tertiary/aromatic N) is 5. The zero-order chi connectivity index (χ0) is 24.5. The first-order valence-electron chi connectivity index (χ1n) is 11.1. The molecule has 1 aromatic carbocycles. The maximum Gasteiger partial charge on any atom is 0.254 e. The highest BCUT2D eigenvalue weighted by Crippen LogP contribution is 2.34. The number of benzene rings is 1. The third-order valence-electron chi connectivity index (χ3n) is 5.98. The van der Waals surface area contributed by atoms with Gasteiger partial charge in [-0.1, -0.05) is 6.07 Å². The molecule has 1 saturated heterocycles. The number of hydrogen-bond acceptors (Lipinski definition) is 10. The predicted octanol–water partition coefficient (Wildman–Crippen LogP) is -0.0826. The first-order valence-corrected chi connectivity index (χ1v) is 11.1. The molecule has 8 N–H and O–H groups in total. The summed E-state index contributed by atoms with van der Waals surface area (Å²) < 4.78 is 7.30. The number of ether oxygens (including phenoxy) is 1. The lowest BCUT2D eigenvalue weighted by Gasteiger charge is -2.34. The van der Waals surface area contributed by atoms with E-state index in [0.717, 1.165) is 0 Å². The van der Waals surface area contributed by atoms with Crippen LogP contribution < -0.4 is 21.9 Å². The molecule has 0 bridgehead atoms. The Balaban J connectivity index is 1.67. The van der Waals surface area contributed by atoms with Crippen LogP contribution in [0, 0.1) is 0 Å². The van der Waals surface area contributed by atoms with Crippen LogP contribution in [0.2, 0.25) is 0 Å². The summed E-state index contributed by atoms with van der Waals surface area (Å²) in [6.45, 7) is 2.71. The van der Waals surface area contributed by atoms with Crippen LogP contribution in [0.5, 0.6) is 5.75 Å². The van der Waals surface area contributed by atoms with Crippen molar-refractivity contribution >= 4 is 28.8 Å². The molecule has 4 rings (SSSR count). The van der Waals surface area contributed by atoms with Crippen molar-refractivity contribution in [2.24, 2.45) is 5.73 Å². The number of hydrogen-bond donors (Lipinski definition) is 5. The summed E-state index contributed by atoms with van der Waals surface area (Å²) in [5.74, 6) is 0.346. The van der Waals surface area contributed by atoms with E-state index >= 15 is 0 Å². The lowest BCUT2D eigenvalue weighted by Crippen LogP contribution is -2.42. The number of rotatable bonds is 6. The summed E-state index contributed by atoms with van der Waals surface area (Å²) in [6.07, 6.45) is 1.29. The van der Waals surface area contributed by atoms with Crippen molar-refractivity contribution in [2.45, 2.75) is 37.5 Å². The van der Waals surface area contributed by atoms with Crippen LogP contribution in [-0.2, 0) is 0 Å². The highest BCUT2D eigenvalue weighted by atomic mass is 16.5. The van der Waals surface area contributed by atoms with Gasteiger partial charge in [0.25, 0.3) is 5.91 Å². The highest BCUT2D eigenvalue weighted by Gasteiger charge is 2.42. The monoisotopic (exact) mass is 470 g/mol. The molecule has 2 aromatic heterocycles. The molecule has 182 valence electrons. The van der Waals surface area contributed by atoms with E-state index in [4.69, 9.17) is 21.9 Å². The molecule has 0 unspecified atom stereocenters. The van der Waals surface area contributed by atoms with E-state index in [9.17, 15) is 15.0 Å². The zero-order valence-corrected chi connectivity index (χ0v) is 19.0. The van der Waals surface area contributed by atoms with Gasteiger partial charge in [-0.25, -0.2) is 4.98 Å². The second-order valence-corrected chi connectivity index (χ2v) is 8.75. The van der Waals surface area contributed by atoms with Gasteiger partial charge in [-0.05, 0) is 38.1 Å². The number of imidazole rings is 1. The number of fused-ring (bicyclic) bond motifs is 1. The molecule has 0 radical (unpaired) electrons. The molecule has 1 aliphatic rings.